The molecule has 1 N–H and O–H groups in total. The van der Waals surface area contributed by atoms with E-state index >= 15 is 0 Å². The molecule has 0 saturated heterocycles. The number of aromatic nitrogens is 4. The monoisotopic (exact) mass is 405 g/mol. The van der Waals surface area contributed by atoms with Crippen LogP contribution in [0.2, 0.25) is 0 Å². The highest BCUT2D eigenvalue weighted by Crippen LogP contribution is 2.23. The summed E-state index contributed by atoms with van der Waals surface area (Å²) in [7, 11) is 1.32. The number of nitrogens with one attached hydrogen (secondary N) is 1. The lowest BCUT2D eigenvalue weighted by Gasteiger charge is -2.19. The van der Waals surface area contributed by atoms with Gasteiger partial charge in [0.05, 0.1) is 30.4 Å². The van der Waals surface area contributed by atoms with Crippen LogP contribution in [0, 0.1) is 0 Å². The fraction of sp³-hybridized carbons (Fsp3) is 0.227. The van der Waals surface area contributed by atoms with Gasteiger partial charge in [0.25, 0.3) is 5.91 Å². The zero-order valence-corrected chi connectivity index (χ0v) is 17.3. The first-order chi connectivity index (χ1) is 14.3. The third-order valence-corrected chi connectivity index (χ3v) is 3.98. The first-order valence-corrected chi connectivity index (χ1v) is 9.32. The summed E-state index contributed by atoms with van der Waals surface area (Å²) in [6.45, 7) is 5.73. The molecule has 0 aromatic carbocycles. The van der Waals surface area contributed by atoms with Crippen LogP contribution in [0.1, 0.15) is 36.8 Å². The average Bonchev–Trinajstić information content (AvgIpc) is 3.17. The highest BCUT2D eigenvalue weighted by Gasteiger charge is 2.21. The Morgan fingerprint density at radius 3 is 2.57 bits per heavy atom. The number of hydrogen-bond acceptors (Lipinski definition) is 6. The molecule has 154 valence electrons. The van der Waals surface area contributed by atoms with Gasteiger partial charge in [-0.1, -0.05) is 6.07 Å². The normalized spacial score (nSPS) is 11.5. The van der Waals surface area contributed by atoms with Crippen LogP contribution in [0.3, 0.4) is 0 Å². The zero-order chi connectivity index (χ0) is 21.7. The van der Waals surface area contributed by atoms with E-state index in [0.29, 0.717) is 17.1 Å². The van der Waals surface area contributed by atoms with Crippen molar-refractivity contribution in [1.82, 2.24) is 25.1 Å². The second kappa shape index (κ2) is 8.69. The number of hydrogen-bond donors (Lipinski definition) is 1. The predicted octanol–water partition coefficient (Wildman–Crippen LogP) is 3.04. The van der Waals surface area contributed by atoms with Crippen LogP contribution in [-0.2, 0) is 9.53 Å². The minimum absolute atomic E-state index is 0.274. The molecule has 0 aliphatic carbocycles. The van der Waals surface area contributed by atoms with Crippen molar-refractivity contribution in [3.8, 4) is 17.1 Å². The fourth-order valence-corrected chi connectivity index (χ4v) is 2.64. The maximum atomic E-state index is 12.6. The molecule has 0 saturated carbocycles. The number of amides is 1. The molecular formula is C22H23N5O3. The summed E-state index contributed by atoms with van der Waals surface area (Å²) < 4.78 is 6.22. The minimum Gasteiger partial charge on any atom is -0.466 e. The quantitative estimate of drug-likeness (QED) is 0.517. The highest BCUT2D eigenvalue weighted by molar-refractivity contribution is 5.94. The second-order valence-electron chi connectivity index (χ2n) is 7.58. The van der Waals surface area contributed by atoms with Crippen molar-refractivity contribution < 1.29 is 14.3 Å². The Labute approximate surface area is 174 Å². The minimum atomic E-state index is -0.441. The number of nitrogens with zero attached hydrogens (tertiary/aromatic N) is 4. The molecule has 8 nitrogen and oxygen atoms in total. The molecule has 3 heterocycles. The Kier molecular flexibility index (Phi) is 6.06. The summed E-state index contributed by atoms with van der Waals surface area (Å²) >= 11 is 0. The van der Waals surface area contributed by atoms with Crippen LogP contribution in [0.4, 0.5) is 0 Å². The summed E-state index contributed by atoms with van der Waals surface area (Å²) in [5.74, 6) is -0.716. The van der Waals surface area contributed by atoms with Crippen molar-refractivity contribution in [2.45, 2.75) is 26.3 Å². The van der Waals surface area contributed by atoms with E-state index in [9.17, 15) is 9.59 Å². The molecule has 0 aliphatic heterocycles. The van der Waals surface area contributed by atoms with Crippen molar-refractivity contribution in [2.75, 3.05) is 7.11 Å². The highest BCUT2D eigenvalue weighted by atomic mass is 16.5. The van der Waals surface area contributed by atoms with Gasteiger partial charge < -0.3 is 10.1 Å². The van der Waals surface area contributed by atoms with E-state index < -0.39 is 5.97 Å². The summed E-state index contributed by atoms with van der Waals surface area (Å²) in [6.07, 6.45) is 7.90. The first-order valence-electron chi connectivity index (χ1n) is 9.32. The molecule has 30 heavy (non-hydrogen) atoms. The van der Waals surface area contributed by atoms with Crippen LogP contribution < -0.4 is 5.32 Å². The molecule has 0 fully saturated rings. The lowest BCUT2D eigenvalue weighted by atomic mass is 10.1. The summed E-state index contributed by atoms with van der Waals surface area (Å²) in [5.41, 5.74) is 2.60. The van der Waals surface area contributed by atoms with Crippen molar-refractivity contribution in [1.29, 1.82) is 0 Å². The van der Waals surface area contributed by atoms with E-state index in [-0.39, 0.29) is 17.1 Å². The number of carbonyl (C=O) groups is 2. The molecule has 0 spiro atoms. The summed E-state index contributed by atoms with van der Waals surface area (Å²) in [6, 6.07) is 8.95. The van der Waals surface area contributed by atoms with Crippen LogP contribution >= 0.6 is 0 Å². The average molecular weight is 405 g/mol. The molecule has 1 amide bonds. The lowest BCUT2D eigenvalue weighted by Crippen LogP contribution is -2.40. The van der Waals surface area contributed by atoms with Crippen molar-refractivity contribution in [2.24, 2.45) is 0 Å². The van der Waals surface area contributed by atoms with Gasteiger partial charge in [-0.25, -0.2) is 9.48 Å². The van der Waals surface area contributed by atoms with Gasteiger partial charge in [0, 0.05) is 24.0 Å². The standard InChI is InChI=1S/C22H23N5O3/c1-22(2,3)25-21(29)18-12-19(27(26-18)16-6-5-11-23-14-16)17-9-7-15(13-24-17)8-10-20(28)30-4/h5-14H,1-4H3,(H,25,29). The molecular weight excluding hydrogens is 382 g/mol. The molecule has 0 radical (unpaired) electrons. The molecule has 3 aromatic rings. The van der Waals surface area contributed by atoms with Crippen LogP contribution in [-0.4, -0.2) is 44.3 Å². The van der Waals surface area contributed by atoms with Crippen LogP contribution in [0.25, 0.3) is 23.2 Å². The number of pyridine rings is 2. The lowest BCUT2D eigenvalue weighted by molar-refractivity contribution is -0.134. The molecule has 0 bridgehead atoms. The largest absolute Gasteiger partial charge is 0.466 e. The zero-order valence-electron chi connectivity index (χ0n) is 17.3. The summed E-state index contributed by atoms with van der Waals surface area (Å²) in [4.78, 5) is 32.5. The second-order valence-corrected chi connectivity index (χ2v) is 7.58. The molecule has 3 rings (SSSR count). The third kappa shape index (κ3) is 5.16. The van der Waals surface area contributed by atoms with E-state index in [1.54, 1.807) is 47.5 Å². The molecule has 3 aromatic heterocycles. The first kappa shape index (κ1) is 20.9. The molecule has 8 heteroatoms. The van der Waals surface area contributed by atoms with Gasteiger partial charge in [0.1, 0.15) is 0 Å². The van der Waals surface area contributed by atoms with Crippen molar-refractivity contribution in [3.63, 3.8) is 0 Å². The Morgan fingerprint density at radius 2 is 1.97 bits per heavy atom. The maximum Gasteiger partial charge on any atom is 0.330 e. The Morgan fingerprint density at radius 1 is 1.17 bits per heavy atom. The number of rotatable bonds is 5. The van der Waals surface area contributed by atoms with Gasteiger partial charge in [-0.2, -0.15) is 5.10 Å². The van der Waals surface area contributed by atoms with Gasteiger partial charge in [-0.05, 0) is 56.7 Å². The molecule has 0 aliphatic rings. The van der Waals surface area contributed by atoms with E-state index in [4.69, 9.17) is 0 Å². The van der Waals surface area contributed by atoms with Gasteiger partial charge in [0.2, 0.25) is 0 Å². The fourth-order valence-electron chi connectivity index (χ4n) is 2.64. The van der Waals surface area contributed by atoms with Gasteiger partial charge in [-0.15, -0.1) is 0 Å². The van der Waals surface area contributed by atoms with Gasteiger partial charge >= 0.3 is 5.97 Å². The number of ether oxygens (including phenoxy) is 1. The molecule has 0 atom stereocenters. The van der Waals surface area contributed by atoms with Gasteiger partial charge in [0.15, 0.2) is 5.69 Å². The van der Waals surface area contributed by atoms with Crippen LogP contribution in [0.15, 0.2) is 55.0 Å². The molecule has 0 unspecified atom stereocenters. The van der Waals surface area contributed by atoms with Crippen molar-refractivity contribution >= 4 is 18.0 Å². The number of carbonyl (C=O) groups excluding carboxylic acids is 2. The topological polar surface area (TPSA) is 99.0 Å². The third-order valence-electron chi connectivity index (χ3n) is 3.98. The van der Waals surface area contributed by atoms with E-state index in [0.717, 1.165) is 5.56 Å². The SMILES string of the molecule is COC(=O)C=Cc1ccc(-c2cc(C(=O)NC(C)(C)C)nn2-c2cccnc2)nc1. The Hall–Kier alpha value is -3.81. The van der Waals surface area contributed by atoms with Gasteiger partial charge in [-0.3, -0.25) is 14.8 Å². The predicted molar refractivity (Wildman–Crippen MR) is 113 cm³/mol. The summed E-state index contributed by atoms with van der Waals surface area (Å²) in [5, 5.41) is 7.40. The van der Waals surface area contributed by atoms with Crippen LogP contribution in [0.5, 0.6) is 0 Å². The Balaban J connectivity index is 1.99. The number of methoxy groups -OCH3 is 1. The van der Waals surface area contributed by atoms with E-state index in [1.807, 2.05) is 32.9 Å². The van der Waals surface area contributed by atoms with Crippen molar-refractivity contribution in [3.05, 3.63) is 66.3 Å². The number of esters is 1. The maximum absolute atomic E-state index is 12.6. The smallest absolute Gasteiger partial charge is 0.330 e. The van der Waals surface area contributed by atoms with E-state index in [2.05, 4.69) is 25.1 Å². The van der Waals surface area contributed by atoms with E-state index in [1.165, 1.54) is 13.2 Å². The Bertz CT molecular complexity index is 1060.